The molecule has 0 aliphatic heterocycles. The van der Waals surface area contributed by atoms with Crippen molar-refractivity contribution in [3.63, 3.8) is 0 Å². The average Bonchev–Trinajstić information content (AvgIpc) is 2.53. The first-order valence-electron chi connectivity index (χ1n) is 8.43. The van der Waals surface area contributed by atoms with E-state index in [4.69, 9.17) is 9.47 Å². The Morgan fingerprint density at radius 3 is 2.43 bits per heavy atom. The molecule has 0 aliphatic rings. The quantitative estimate of drug-likeness (QED) is 0.461. The molecule has 0 aromatic heterocycles. The van der Waals surface area contributed by atoms with E-state index in [1.807, 2.05) is 31.2 Å². The molecular formula is C20H30O3. The minimum atomic E-state index is -0.379. The second-order valence-electron chi connectivity index (χ2n) is 6.62. The Morgan fingerprint density at radius 2 is 1.91 bits per heavy atom. The Labute approximate surface area is 140 Å². The van der Waals surface area contributed by atoms with Crippen LogP contribution in [0.3, 0.4) is 0 Å². The molecular weight excluding hydrogens is 288 g/mol. The van der Waals surface area contributed by atoms with Crippen LogP contribution in [-0.2, 0) is 9.53 Å². The molecule has 1 aromatic carbocycles. The van der Waals surface area contributed by atoms with Gasteiger partial charge in [-0.25, -0.2) is 4.79 Å². The maximum atomic E-state index is 12.1. The van der Waals surface area contributed by atoms with Crippen LogP contribution in [0.5, 0.6) is 5.75 Å². The number of benzene rings is 1. The van der Waals surface area contributed by atoms with Gasteiger partial charge in [0.2, 0.25) is 0 Å². The van der Waals surface area contributed by atoms with Crippen molar-refractivity contribution in [1.82, 2.24) is 0 Å². The summed E-state index contributed by atoms with van der Waals surface area (Å²) in [6.45, 7) is 8.52. The third-order valence-corrected chi connectivity index (χ3v) is 4.11. The lowest BCUT2D eigenvalue weighted by atomic mass is 9.93. The summed E-state index contributed by atoms with van der Waals surface area (Å²) in [4.78, 5) is 12.1. The highest BCUT2D eigenvalue weighted by Crippen LogP contribution is 2.24. The zero-order valence-corrected chi connectivity index (χ0v) is 15.1. The van der Waals surface area contributed by atoms with Crippen LogP contribution in [0.2, 0.25) is 0 Å². The highest BCUT2D eigenvalue weighted by atomic mass is 16.6. The van der Waals surface area contributed by atoms with Crippen molar-refractivity contribution < 1.29 is 14.3 Å². The Hall–Kier alpha value is -1.77. The average molecular weight is 318 g/mol. The Bertz CT molecular complexity index is 502. The SMILES string of the molecule is CCC(C)(CCCC(C)C)OC(=O)/C=C/c1ccc(OC)cc1. The topological polar surface area (TPSA) is 35.5 Å². The second kappa shape index (κ2) is 9.39. The van der Waals surface area contributed by atoms with E-state index in [9.17, 15) is 4.79 Å². The predicted molar refractivity (Wildman–Crippen MR) is 95.5 cm³/mol. The lowest BCUT2D eigenvalue weighted by Crippen LogP contribution is -2.30. The van der Waals surface area contributed by atoms with Crippen molar-refractivity contribution in [2.45, 2.75) is 59.0 Å². The van der Waals surface area contributed by atoms with E-state index < -0.39 is 0 Å². The molecule has 0 amide bonds. The highest BCUT2D eigenvalue weighted by Gasteiger charge is 2.25. The third kappa shape index (κ3) is 7.36. The molecule has 0 bridgehead atoms. The van der Waals surface area contributed by atoms with Gasteiger partial charge in [-0.1, -0.05) is 39.3 Å². The third-order valence-electron chi connectivity index (χ3n) is 4.11. The van der Waals surface area contributed by atoms with Crippen molar-refractivity contribution in [1.29, 1.82) is 0 Å². The number of carbonyl (C=O) groups excluding carboxylic acids is 1. The molecule has 0 saturated heterocycles. The van der Waals surface area contributed by atoms with Gasteiger partial charge in [0.15, 0.2) is 0 Å². The van der Waals surface area contributed by atoms with Crippen molar-refractivity contribution in [3.8, 4) is 5.75 Å². The molecule has 0 N–H and O–H groups in total. The van der Waals surface area contributed by atoms with Gasteiger partial charge in [0, 0.05) is 6.08 Å². The fraction of sp³-hybridized carbons (Fsp3) is 0.550. The van der Waals surface area contributed by atoms with Gasteiger partial charge in [0.1, 0.15) is 11.4 Å². The van der Waals surface area contributed by atoms with Gasteiger partial charge in [-0.3, -0.25) is 0 Å². The number of ether oxygens (including phenoxy) is 2. The fourth-order valence-electron chi connectivity index (χ4n) is 2.34. The predicted octanol–water partition coefficient (Wildman–Crippen LogP) is 5.25. The maximum Gasteiger partial charge on any atom is 0.331 e. The number of rotatable bonds is 9. The van der Waals surface area contributed by atoms with Crippen LogP contribution in [0.4, 0.5) is 0 Å². The monoisotopic (exact) mass is 318 g/mol. The molecule has 0 saturated carbocycles. The van der Waals surface area contributed by atoms with Crippen LogP contribution in [0.1, 0.15) is 58.9 Å². The van der Waals surface area contributed by atoms with Crippen molar-refractivity contribution in [2.75, 3.05) is 7.11 Å². The van der Waals surface area contributed by atoms with Crippen molar-refractivity contribution >= 4 is 12.0 Å². The zero-order valence-electron chi connectivity index (χ0n) is 15.1. The zero-order chi connectivity index (χ0) is 17.3. The minimum absolute atomic E-state index is 0.283. The van der Waals surface area contributed by atoms with E-state index >= 15 is 0 Å². The highest BCUT2D eigenvalue weighted by molar-refractivity contribution is 5.87. The van der Waals surface area contributed by atoms with Crippen LogP contribution >= 0.6 is 0 Å². The standard InChI is InChI=1S/C20H30O3/c1-6-20(4,15-7-8-16(2)3)23-19(21)14-11-17-9-12-18(22-5)13-10-17/h9-14,16H,6-8,15H2,1-5H3/b14-11+. The molecule has 1 aromatic rings. The first-order valence-corrected chi connectivity index (χ1v) is 8.43. The summed E-state index contributed by atoms with van der Waals surface area (Å²) in [5.74, 6) is 1.20. The summed E-state index contributed by atoms with van der Waals surface area (Å²) in [6, 6.07) is 7.55. The van der Waals surface area contributed by atoms with E-state index in [1.165, 1.54) is 6.08 Å². The molecule has 1 rings (SSSR count). The lowest BCUT2D eigenvalue weighted by Gasteiger charge is -2.28. The first kappa shape index (κ1) is 19.3. The molecule has 0 aliphatic carbocycles. The molecule has 0 spiro atoms. The summed E-state index contributed by atoms with van der Waals surface area (Å²) >= 11 is 0. The van der Waals surface area contributed by atoms with E-state index in [-0.39, 0.29) is 11.6 Å². The summed E-state index contributed by atoms with van der Waals surface area (Å²) in [7, 11) is 1.63. The first-order chi connectivity index (χ1) is 10.9. The van der Waals surface area contributed by atoms with Gasteiger partial charge < -0.3 is 9.47 Å². The van der Waals surface area contributed by atoms with Gasteiger partial charge in [-0.05, 0) is 55.9 Å². The van der Waals surface area contributed by atoms with Crippen LogP contribution in [0.15, 0.2) is 30.3 Å². The van der Waals surface area contributed by atoms with E-state index in [1.54, 1.807) is 13.2 Å². The lowest BCUT2D eigenvalue weighted by molar-refractivity contribution is -0.152. The molecule has 1 unspecified atom stereocenters. The Kier molecular flexibility index (Phi) is 7.87. The minimum Gasteiger partial charge on any atom is -0.497 e. The maximum absolute atomic E-state index is 12.1. The van der Waals surface area contributed by atoms with Gasteiger partial charge in [-0.2, -0.15) is 0 Å². The van der Waals surface area contributed by atoms with E-state index in [2.05, 4.69) is 20.8 Å². The molecule has 3 nitrogen and oxygen atoms in total. The fourth-order valence-corrected chi connectivity index (χ4v) is 2.34. The molecule has 128 valence electrons. The molecule has 0 fully saturated rings. The smallest absolute Gasteiger partial charge is 0.331 e. The summed E-state index contributed by atoms with van der Waals surface area (Å²) in [5.41, 5.74) is 0.566. The van der Waals surface area contributed by atoms with E-state index in [0.29, 0.717) is 5.92 Å². The van der Waals surface area contributed by atoms with Crippen molar-refractivity contribution in [3.05, 3.63) is 35.9 Å². The molecule has 23 heavy (non-hydrogen) atoms. The number of methoxy groups -OCH3 is 1. The van der Waals surface area contributed by atoms with Gasteiger partial charge in [0.25, 0.3) is 0 Å². The summed E-state index contributed by atoms with van der Waals surface area (Å²) in [5, 5.41) is 0. The largest absolute Gasteiger partial charge is 0.497 e. The summed E-state index contributed by atoms with van der Waals surface area (Å²) in [6.07, 6.45) is 7.24. The number of esters is 1. The second-order valence-corrected chi connectivity index (χ2v) is 6.62. The van der Waals surface area contributed by atoms with Gasteiger partial charge >= 0.3 is 5.97 Å². The Morgan fingerprint density at radius 1 is 1.26 bits per heavy atom. The molecule has 0 heterocycles. The normalized spacial score (nSPS) is 14.0. The van der Waals surface area contributed by atoms with Crippen LogP contribution < -0.4 is 4.74 Å². The number of carbonyl (C=O) groups is 1. The van der Waals surface area contributed by atoms with Crippen LogP contribution in [0.25, 0.3) is 6.08 Å². The molecule has 0 radical (unpaired) electrons. The Balaban J connectivity index is 2.55. The van der Waals surface area contributed by atoms with E-state index in [0.717, 1.165) is 37.0 Å². The summed E-state index contributed by atoms with van der Waals surface area (Å²) < 4.78 is 10.8. The van der Waals surface area contributed by atoms with Crippen molar-refractivity contribution in [2.24, 2.45) is 5.92 Å². The number of hydrogen-bond acceptors (Lipinski definition) is 3. The number of hydrogen-bond donors (Lipinski definition) is 0. The van der Waals surface area contributed by atoms with Crippen LogP contribution in [0, 0.1) is 5.92 Å². The molecule has 3 heteroatoms. The molecule has 1 atom stereocenters. The van der Waals surface area contributed by atoms with Gasteiger partial charge in [0.05, 0.1) is 7.11 Å². The van der Waals surface area contributed by atoms with Crippen LogP contribution in [-0.4, -0.2) is 18.7 Å². The van der Waals surface area contributed by atoms with Gasteiger partial charge in [-0.15, -0.1) is 0 Å².